The van der Waals surface area contributed by atoms with E-state index in [9.17, 15) is 9.90 Å². The molecule has 0 spiro atoms. The maximum absolute atomic E-state index is 11.7. The van der Waals surface area contributed by atoms with Crippen molar-refractivity contribution in [3.63, 3.8) is 0 Å². The van der Waals surface area contributed by atoms with Crippen LogP contribution < -0.4 is 4.74 Å². The molecule has 0 amide bonds. The standard InChI is InChI=1S/C30H27NO4/c1-22-10-8-13-24(18-22)20-34-17-7-3-6-14-25-19-27(30(32)33)31-29-26(25)15-9-16-28(29)35-21-23-11-4-2-5-12-23/h2,4-5,8-13,15-16,18-19H,3,7,17,20-21H2,1H3,(H,32,33). The maximum atomic E-state index is 11.7. The zero-order chi connectivity index (χ0) is 24.5. The lowest BCUT2D eigenvalue weighted by atomic mass is 10.1. The second kappa shape index (κ2) is 11.8. The average molecular weight is 466 g/mol. The smallest absolute Gasteiger partial charge is 0.354 e. The molecule has 0 aliphatic rings. The first-order valence-electron chi connectivity index (χ1n) is 11.6. The number of hydrogen-bond donors (Lipinski definition) is 1. The molecule has 0 bridgehead atoms. The molecule has 0 saturated heterocycles. The van der Waals surface area contributed by atoms with Crippen molar-refractivity contribution < 1.29 is 19.4 Å². The third-order valence-corrected chi connectivity index (χ3v) is 5.42. The van der Waals surface area contributed by atoms with Gasteiger partial charge in [0.2, 0.25) is 0 Å². The summed E-state index contributed by atoms with van der Waals surface area (Å²) in [5.74, 6) is 5.72. The predicted molar refractivity (Wildman–Crippen MR) is 136 cm³/mol. The summed E-state index contributed by atoms with van der Waals surface area (Å²) >= 11 is 0. The highest BCUT2D eigenvalue weighted by molar-refractivity contribution is 5.95. The molecule has 1 N–H and O–H groups in total. The number of rotatable bonds is 9. The number of carbonyl (C=O) groups is 1. The molecule has 0 aliphatic heterocycles. The number of nitrogens with zero attached hydrogens (tertiary/aromatic N) is 1. The van der Waals surface area contributed by atoms with Crippen LogP contribution in [0.25, 0.3) is 10.9 Å². The van der Waals surface area contributed by atoms with Crippen LogP contribution >= 0.6 is 0 Å². The molecule has 0 fully saturated rings. The van der Waals surface area contributed by atoms with Gasteiger partial charge in [-0.25, -0.2) is 9.78 Å². The quantitative estimate of drug-likeness (QED) is 0.237. The SMILES string of the molecule is Cc1cccc(COCCCC#Cc2cc(C(=O)O)nc3c(OCc4ccccc4)cccc23)c1. The number of ether oxygens (including phenoxy) is 2. The molecule has 5 nitrogen and oxygen atoms in total. The van der Waals surface area contributed by atoms with E-state index in [-0.39, 0.29) is 5.69 Å². The fourth-order valence-corrected chi connectivity index (χ4v) is 3.70. The van der Waals surface area contributed by atoms with E-state index in [1.807, 2.05) is 48.5 Å². The zero-order valence-corrected chi connectivity index (χ0v) is 19.7. The van der Waals surface area contributed by atoms with Gasteiger partial charge in [0, 0.05) is 24.0 Å². The van der Waals surface area contributed by atoms with E-state index < -0.39 is 5.97 Å². The van der Waals surface area contributed by atoms with E-state index in [0.717, 1.165) is 22.9 Å². The Labute approximate surface area is 205 Å². The van der Waals surface area contributed by atoms with Crippen LogP contribution in [-0.4, -0.2) is 22.7 Å². The first kappa shape index (κ1) is 24.0. The second-order valence-electron chi connectivity index (χ2n) is 8.23. The summed E-state index contributed by atoms with van der Waals surface area (Å²) in [6.07, 6.45) is 1.43. The summed E-state index contributed by atoms with van der Waals surface area (Å²) in [4.78, 5) is 16.0. The summed E-state index contributed by atoms with van der Waals surface area (Å²) in [7, 11) is 0. The topological polar surface area (TPSA) is 68.7 Å². The number of para-hydroxylation sites is 1. The highest BCUT2D eigenvalue weighted by Gasteiger charge is 2.13. The van der Waals surface area contributed by atoms with Gasteiger partial charge < -0.3 is 14.6 Å². The van der Waals surface area contributed by atoms with Gasteiger partial charge in [0.05, 0.1) is 6.61 Å². The Hall–Kier alpha value is -4.14. The van der Waals surface area contributed by atoms with Crippen LogP contribution in [0.5, 0.6) is 5.75 Å². The van der Waals surface area contributed by atoms with E-state index in [1.165, 1.54) is 11.6 Å². The number of aromatic nitrogens is 1. The first-order chi connectivity index (χ1) is 17.1. The lowest BCUT2D eigenvalue weighted by molar-refractivity contribution is 0.0691. The Balaban J connectivity index is 1.44. The van der Waals surface area contributed by atoms with E-state index in [2.05, 4.69) is 41.9 Å². The normalized spacial score (nSPS) is 10.5. The highest BCUT2D eigenvalue weighted by atomic mass is 16.5. The van der Waals surface area contributed by atoms with Gasteiger partial charge in [-0.05, 0) is 36.6 Å². The number of aromatic carboxylic acids is 1. The van der Waals surface area contributed by atoms with Gasteiger partial charge in [-0.15, -0.1) is 0 Å². The van der Waals surface area contributed by atoms with Crippen molar-refractivity contribution in [1.29, 1.82) is 0 Å². The lowest BCUT2D eigenvalue weighted by Crippen LogP contribution is -2.03. The van der Waals surface area contributed by atoms with Gasteiger partial charge in [0.25, 0.3) is 0 Å². The minimum atomic E-state index is -1.10. The van der Waals surface area contributed by atoms with E-state index >= 15 is 0 Å². The van der Waals surface area contributed by atoms with Crippen LogP contribution in [-0.2, 0) is 18.0 Å². The van der Waals surface area contributed by atoms with Gasteiger partial charge in [-0.3, -0.25) is 0 Å². The van der Waals surface area contributed by atoms with E-state index in [1.54, 1.807) is 6.07 Å². The van der Waals surface area contributed by atoms with Crippen LogP contribution in [0, 0.1) is 18.8 Å². The third kappa shape index (κ3) is 6.69. The molecule has 4 rings (SSSR count). The summed E-state index contributed by atoms with van der Waals surface area (Å²) in [5, 5.41) is 10.3. The van der Waals surface area contributed by atoms with E-state index in [0.29, 0.717) is 43.1 Å². The van der Waals surface area contributed by atoms with E-state index in [4.69, 9.17) is 9.47 Å². The van der Waals surface area contributed by atoms with Crippen molar-refractivity contribution in [2.45, 2.75) is 33.0 Å². The molecule has 4 aromatic rings. The number of unbranched alkanes of at least 4 members (excludes halogenated alkanes) is 1. The number of benzene rings is 3. The molecule has 0 aliphatic carbocycles. The second-order valence-corrected chi connectivity index (χ2v) is 8.23. The number of carboxylic acids is 1. The molecule has 1 heterocycles. The predicted octanol–water partition coefficient (Wildman–Crippen LogP) is 6.17. The zero-order valence-electron chi connectivity index (χ0n) is 19.7. The molecule has 35 heavy (non-hydrogen) atoms. The molecule has 0 saturated carbocycles. The summed E-state index contributed by atoms with van der Waals surface area (Å²) in [6.45, 7) is 3.62. The summed E-state index contributed by atoms with van der Waals surface area (Å²) in [6, 6.07) is 25.1. The van der Waals surface area contributed by atoms with Crippen LogP contribution in [0.3, 0.4) is 0 Å². The van der Waals surface area contributed by atoms with Gasteiger partial charge in [-0.1, -0.05) is 84.1 Å². The average Bonchev–Trinajstić information content (AvgIpc) is 2.87. The Morgan fingerprint density at radius 1 is 0.943 bits per heavy atom. The molecule has 1 aromatic heterocycles. The fraction of sp³-hybridized carbons (Fsp3) is 0.200. The van der Waals surface area contributed by atoms with Gasteiger partial charge in [0.15, 0.2) is 0 Å². The Morgan fingerprint density at radius 2 is 1.74 bits per heavy atom. The molecule has 5 heteroatoms. The lowest BCUT2D eigenvalue weighted by Gasteiger charge is -2.10. The van der Waals surface area contributed by atoms with Crippen LogP contribution in [0.4, 0.5) is 0 Å². The minimum absolute atomic E-state index is 0.0564. The number of carboxylic acid groups (broad SMARTS) is 1. The monoisotopic (exact) mass is 465 g/mol. The van der Waals surface area contributed by atoms with Gasteiger partial charge >= 0.3 is 5.97 Å². The van der Waals surface area contributed by atoms with Crippen LogP contribution in [0.1, 0.15) is 45.6 Å². The van der Waals surface area contributed by atoms with Gasteiger partial charge in [-0.2, -0.15) is 0 Å². The number of hydrogen-bond acceptors (Lipinski definition) is 4. The van der Waals surface area contributed by atoms with Crippen molar-refractivity contribution in [2.24, 2.45) is 0 Å². The molecular formula is C30H27NO4. The number of pyridine rings is 1. The van der Waals surface area contributed by atoms with Crippen molar-refractivity contribution in [1.82, 2.24) is 4.98 Å². The van der Waals surface area contributed by atoms with Crippen LogP contribution in [0.2, 0.25) is 0 Å². The molecule has 176 valence electrons. The Kier molecular flexibility index (Phi) is 8.11. The Morgan fingerprint density at radius 3 is 2.54 bits per heavy atom. The number of aryl methyl sites for hydroxylation is 1. The highest BCUT2D eigenvalue weighted by Crippen LogP contribution is 2.28. The Bertz CT molecular complexity index is 1370. The molecule has 0 radical (unpaired) electrons. The van der Waals surface area contributed by atoms with Gasteiger partial charge in [0.1, 0.15) is 23.6 Å². The van der Waals surface area contributed by atoms with Crippen molar-refractivity contribution in [3.8, 4) is 17.6 Å². The molecule has 0 unspecified atom stereocenters. The summed E-state index contributed by atoms with van der Waals surface area (Å²) < 4.78 is 11.7. The maximum Gasteiger partial charge on any atom is 0.354 e. The van der Waals surface area contributed by atoms with Crippen molar-refractivity contribution >= 4 is 16.9 Å². The fourth-order valence-electron chi connectivity index (χ4n) is 3.70. The van der Waals surface area contributed by atoms with Crippen LogP contribution in [0.15, 0.2) is 78.9 Å². The summed E-state index contributed by atoms with van der Waals surface area (Å²) in [5.41, 5.74) is 4.46. The number of fused-ring (bicyclic) bond motifs is 1. The minimum Gasteiger partial charge on any atom is -0.487 e. The molecule has 0 atom stereocenters. The third-order valence-electron chi connectivity index (χ3n) is 5.42. The van der Waals surface area contributed by atoms with Crippen molar-refractivity contribution in [2.75, 3.05) is 6.61 Å². The first-order valence-corrected chi connectivity index (χ1v) is 11.6. The largest absolute Gasteiger partial charge is 0.487 e. The molecular weight excluding hydrogens is 438 g/mol. The van der Waals surface area contributed by atoms with Crippen molar-refractivity contribution in [3.05, 3.63) is 107 Å². The molecule has 3 aromatic carbocycles.